The number of aliphatic imine (C=N–C) groups is 1. The van der Waals surface area contributed by atoms with Gasteiger partial charge >= 0.3 is 0 Å². The fraction of sp³-hybridized carbons (Fsp3) is 0.842. The normalized spacial score (nSPS) is 16.3. The molecule has 0 atom stereocenters. The molecule has 1 aromatic heterocycles. The fourth-order valence-corrected chi connectivity index (χ4v) is 3.57. The third kappa shape index (κ3) is 5.97. The molecule has 0 unspecified atom stereocenters. The van der Waals surface area contributed by atoms with Gasteiger partial charge in [0.1, 0.15) is 12.4 Å². The Balaban J connectivity index is 1.96. The molecule has 2 rings (SSSR count). The van der Waals surface area contributed by atoms with Crippen LogP contribution in [0.1, 0.15) is 65.0 Å². The molecule has 0 bridgehead atoms. The predicted octanol–water partition coefficient (Wildman–Crippen LogP) is 2.22. The average molecular weight is 364 g/mol. The van der Waals surface area contributed by atoms with Gasteiger partial charge in [0.15, 0.2) is 11.8 Å². The maximum Gasteiger partial charge on any atom is 0.191 e. The van der Waals surface area contributed by atoms with E-state index >= 15 is 0 Å². The molecule has 7 nitrogen and oxygen atoms in total. The molecule has 0 aromatic carbocycles. The molecule has 1 saturated carbocycles. The van der Waals surface area contributed by atoms with E-state index in [0.717, 1.165) is 30.7 Å². The van der Waals surface area contributed by atoms with Crippen LogP contribution in [-0.4, -0.2) is 56.8 Å². The van der Waals surface area contributed by atoms with Crippen LogP contribution >= 0.6 is 0 Å². The molecular formula is C19H37N7. The summed E-state index contributed by atoms with van der Waals surface area (Å²) in [5.74, 6) is 2.70. The molecule has 0 amide bonds. The van der Waals surface area contributed by atoms with Crippen molar-refractivity contribution in [2.75, 3.05) is 13.1 Å². The van der Waals surface area contributed by atoms with E-state index in [0.29, 0.717) is 24.7 Å². The Bertz CT molecular complexity index is 562. The van der Waals surface area contributed by atoms with Crippen molar-refractivity contribution in [1.29, 1.82) is 0 Å². The first-order valence-electron chi connectivity index (χ1n) is 10.0. The second-order valence-corrected chi connectivity index (χ2v) is 7.87. The average Bonchev–Trinajstić information content (AvgIpc) is 3.19. The first-order valence-corrected chi connectivity index (χ1v) is 10.0. The van der Waals surface area contributed by atoms with E-state index in [2.05, 4.69) is 53.4 Å². The molecule has 0 aliphatic heterocycles. The Morgan fingerprint density at radius 1 is 1.19 bits per heavy atom. The number of aryl methyl sites for hydroxylation is 1. The number of hydrogen-bond donors (Lipinski definition) is 2. The van der Waals surface area contributed by atoms with Crippen molar-refractivity contribution in [2.45, 2.75) is 85.0 Å². The smallest absolute Gasteiger partial charge is 0.191 e. The van der Waals surface area contributed by atoms with Gasteiger partial charge in [0.05, 0.1) is 0 Å². The van der Waals surface area contributed by atoms with Crippen LogP contribution < -0.4 is 10.6 Å². The zero-order valence-corrected chi connectivity index (χ0v) is 17.4. The lowest BCUT2D eigenvalue weighted by atomic mass is 10.2. The molecule has 148 valence electrons. The van der Waals surface area contributed by atoms with Gasteiger partial charge in [-0.15, -0.1) is 10.2 Å². The molecule has 2 N–H and O–H groups in total. The lowest BCUT2D eigenvalue weighted by molar-refractivity contribution is 0.178. The van der Waals surface area contributed by atoms with Crippen molar-refractivity contribution in [2.24, 2.45) is 12.0 Å². The number of nitrogens with one attached hydrogen (secondary N) is 2. The van der Waals surface area contributed by atoms with E-state index in [-0.39, 0.29) is 0 Å². The zero-order valence-electron chi connectivity index (χ0n) is 17.4. The number of nitrogens with zero attached hydrogens (tertiary/aromatic N) is 5. The quantitative estimate of drug-likeness (QED) is 0.547. The van der Waals surface area contributed by atoms with Gasteiger partial charge in [-0.25, -0.2) is 4.99 Å². The Hall–Kier alpha value is -1.63. The van der Waals surface area contributed by atoms with Crippen molar-refractivity contribution >= 4 is 5.96 Å². The summed E-state index contributed by atoms with van der Waals surface area (Å²) in [6, 6.07) is 1.62. The standard InChI is InChI=1S/C19H37N7/c1-14(2)26(15(3)4)12-11-20-19(22-17-9-7-8-10-17)21-13-18-24-23-16(5)25(18)6/h14-15,17H,7-13H2,1-6H3,(H2,20,21,22). The maximum absolute atomic E-state index is 4.77. The van der Waals surface area contributed by atoms with Crippen LogP contribution in [0.25, 0.3) is 0 Å². The SMILES string of the molecule is Cc1nnc(CN=C(NCCN(C(C)C)C(C)C)NC2CCCC2)n1C. The van der Waals surface area contributed by atoms with Crippen LogP contribution in [-0.2, 0) is 13.6 Å². The van der Waals surface area contributed by atoms with Gasteiger partial charge in [0.25, 0.3) is 0 Å². The molecule has 26 heavy (non-hydrogen) atoms. The van der Waals surface area contributed by atoms with Gasteiger partial charge < -0.3 is 15.2 Å². The predicted molar refractivity (Wildman–Crippen MR) is 107 cm³/mol. The highest BCUT2D eigenvalue weighted by Gasteiger charge is 2.17. The Morgan fingerprint density at radius 3 is 2.38 bits per heavy atom. The zero-order chi connectivity index (χ0) is 19.1. The largest absolute Gasteiger partial charge is 0.355 e. The van der Waals surface area contributed by atoms with Crippen molar-refractivity contribution in [3.05, 3.63) is 11.6 Å². The Kier molecular flexibility index (Phi) is 7.87. The lowest BCUT2D eigenvalue weighted by Crippen LogP contribution is -2.47. The van der Waals surface area contributed by atoms with Crippen LogP contribution in [0, 0.1) is 6.92 Å². The van der Waals surface area contributed by atoms with Gasteiger partial charge in [-0.1, -0.05) is 12.8 Å². The van der Waals surface area contributed by atoms with Crippen LogP contribution in [0.2, 0.25) is 0 Å². The van der Waals surface area contributed by atoms with Gasteiger partial charge in [-0.2, -0.15) is 0 Å². The maximum atomic E-state index is 4.77. The highest BCUT2D eigenvalue weighted by molar-refractivity contribution is 5.80. The van der Waals surface area contributed by atoms with Gasteiger partial charge in [0, 0.05) is 38.3 Å². The molecule has 1 aliphatic rings. The van der Waals surface area contributed by atoms with Crippen LogP contribution in [0.3, 0.4) is 0 Å². The molecule has 1 aromatic rings. The number of aromatic nitrogens is 3. The van der Waals surface area contributed by atoms with Crippen LogP contribution in [0.5, 0.6) is 0 Å². The van der Waals surface area contributed by atoms with E-state index in [9.17, 15) is 0 Å². The third-order valence-electron chi connectivity index (χ3n) is 5.25. The molecule has 1 fully saturated rings. The first-order chi connectivity index (χ1) is 12.4. The topological polar surface area (TPSA) is 70.4 Å². The molecular weight excluding hydrogens is 326 g/mol. The molecule has 0 radical (unpaired) electrons. The van der Waals surface area contributed by atoms with Crippen molar-refractivity contribution < 1.29 is 0 Å². The van der Waals surface area contributed by atoms with Crippen molar-refractivity contribution in [3.63, 3.8) is 0 Å². The minimum absolute atomic E-state index is 0.536. The van der Waals surface area contributed by atoms with E-state index < -0.39 is 0 Å². The number of rotatable bonds is 8. The van der Waals surface area contributed by atoms with E-state index in [1.807, 2.05) is 18.5 Å². The van der Waals surface area contributed by atoms with E-state index in [4.69, 9.17) is 4.99 Å². The third-order valence-corrected chi connectivity index (χ3v) is 5.25. The fourth-order valence-electron chi connectivity index (χ4n) is 3.57. The second-order valence-electron chi connectivity index (χ2n) is 7.87. The summed E-state index contributed by atoms with van der Waals surface area (Å²) in [5.41, 5.74) is 0. The summed E-state index contributed by atoms with van der Waals surface area (Å²) < 4.78 is 2.00. The monoisotopic (exact) mass is 363 g/mol. The summed E-state index contributed by atoms with van der Waals surface area (Å²) in [4.78, 5) is 7.26. The summed E-state index contributed by atoms with van der Waals surface area (Å²) in [5, 5.41) is 15.5. The second kappa shape index (κ2) is 9.90. The van der Waals surface area contributed by atoms with Gasteiger partial charge in [0.2, 0.25) is 0 Å². The van der Waals surface area contributed by atoms with Crippen molar-refractivity contribution in [1.82, 2.24) is 30.3 Å². The van der Waals surface area contributed by atoms with Crippen LogP contribution in [0.4, 0.5) is 0 Å². The lowest BCUT2D eigenvalue weighted by Gasteiger charge is -2.30. The molecule has 1 heterocycles. The van der Waals surface area contributed by atoms with E-state index in [1.54, 1.807) is 0 Å². The van der Waals surface area contributed by atoms with Crippen molar-refractivity contribution in [3.8, 4) is 0 Å². The summed E-state index contributed by atoms with van der Waals surface area (Å²) in [6.07, 6.45) is 5.07. The molecule has 7 heteroatoms. The number of guanidine groups is 1. The summed E-state index contributed by atoms with van der Waals surface area (Å²) in [7, 11) is 1.99. The Labute approximate surface area is 158 Å². The van der Waals surface area contributed by atoms with Crippen LogP contribution in [0.15, 0.2) is 4.99 Å². The minimum atomic E-state index is 0.536. The summed E-state index contributed by atoms with van der Waals surface area (Å²) >= 11 is 0. The minimum Gasteiger partial charge on any atom is -0.355 e. The molecule has 1 aliphatic carbocycles. The highest BCUT2D eigenvalue weighted by atomic mass is 15.3. The van der Waals surface area contributed by atoms with Gasteiger partial charge in [-0.05, 0) is 47.5 Å². The number of hydrogen-bond acceptors (Lipinski definition) is 4. The van der Waals surface area contributed by atoms with E-state index in [1.165, 1.54) is 25.7 Å². The molecule has 0 spiro atoms. The highest BCUT2D eigenvalue weighted by Crippen LogP contribution is 2.17. The molecule has 0 saturated heterocycles. The van der Waals surface area contributed by atoms with Gasteiger partial charge in [-0.3, -0.25) is 4.90 Å². The summed E-state index contributed by atoms with van der Waals surface area (Å²) in [6.45, 7) is 13.4. The first kappa shape index (κ1) is 20.7. The Morgan fingerprint density at radius 2 is 1.85 bits per heavy atom.